The molecule has 0 unspecified atom stereocenters. The van der Waals surface area contributed by atoms with Crippen molar-refractivity contribution in [3.05, 3.63) is 84.4 Å². The Hall–Kier alpha value is -2.50. The molecular weight excluding hydrogens is 324 g/mol. The van der Waals surface area contributed by atoms with Crippen LogP contribution < -0.4 is 0 Å². The lowest BCUT2D eigenvalue weighted by atomic mass is 9.96. The Morgan fingerprint density at radius 1 is 1.04 bits per heavy atom. The Kier molecular flexibility index (Phi) is 5.38. The van der Waals surface area contributed by atoms with Gasteiger partial charge >= 0.3 is 0 Å². The van der Waals surface area contributed by atoms with Gasteiger partial charge in [-0.1, -0.05) is 60.7 Å². The largest absolute Gasteiger partial charge is 0.374 e. The van der Waals surface area contributed by atoms with E-state index < -0.39 is 0 Å². The van der Waals surface area contributed by atoms with E-state index in [1.807, 2.05) is 4.68 Å². The summed E-state index contributed by atoms with van der Waals surface area (Å²) in [5.41, 5.74) is 2.72. The van der Waals surface area contributed by atoms with Crippen molar-refractivity contribution in [3.8, 4) is 0 Å². The third-order valence-electron chi connectivity index (χ3n) is 4.92. The third-order valence-corrected chi connectivity index (χ3v) is 4.92. The third kappa shape index (κ3) is 4.18. The smallest absolute Gasteiger partial charge is 0.137 e. The molecule has 0 amide bonds. The van der Waals surface area contributed by atoms with Gasteiger partial charge in [-0.15, -0.1) is 0 Å². The Labute approximate surface area is 154 Å². The van der Waals surface area contributed by atoms with E-state index in [0.717, 1.165) is 32.7 Å². The molecule has 5 nitrogen and oxygen atoms in total. The van der Waals surface area contributed by atoms with E-state index in [2.05, 4.69) is 75.6 Å². The SMILES string of the molecule is c1ccc(C[C@H](c2ccccc2)N2CCO[C@@H](Cn3cncn3)C2)cc1. The highest BCUT2D eigenvalue weighted by Crippen LogP contribution is 2.27. The van der Waals surface area contributed by atoms with Crippen LogP contribution in [0.4, 0.5) is 0 Å². The van der Waals surface area contributed by atoms with Crippen molar-refractivity contribution in [2.75, 3.05) is 19.7 Å². The molecule has 1 aliphatic heterocycles. The van der Waals surface area contributed by atoms with Crippen LogP contribution in [-0.2, 0) is 17.7 Å². The van der Waals surface area contributed by atoms with Crippen molar-refractivity contribution in [3.63, 3.8) is 0 Å². The summed E-state index contributed by atoms with van der Waals surface area (Å²) in [6, 6.07) is 21.9. The van der Waals surface area contributed by atoms with Crippen LogP contribution in [0.1, 0.15) is 17.2 Å². The average molecular weight is 348 g/mol. The van der Waals surface area contributed by atoms with Crippen molar-refractivity contribution >= 4 is 0 Å². The molecule has 0 aliphatic carbocycles. The molecule has 1 saturated heterocycles. The maximum atomic E-state index is 5.99. The number of morpholine rings is 1. The molecule has 3 aromatic rings. The average Bonchev–Trinajstić information content (AvgIpc) is 3.21. The molecule has 0 N–H and O–H groups in total. The van der Waals surface area contributed by atoms with Crippen LogP contribution in [-0.4, -0.2) is 45.5 Å². The topological polar surface area (TPSA) is 43.2 Å². The van der Waals surface area contributed by atoms with Crippen molar-refractivity contribution in [1.82, 2.24) is 19.7 Å². The van der Waals surface area contributed by atoms with Gasteiger partial charge in [0.1, 0.15) is 12.7 Å². The van der Waals surface area contributed by atoms with Crippen LogP contribution in [0, 0.1) is 0 Å². The Morgan fingerprint density at radius 3 is 2.54 bits per heavy atom. The van der Waals surface area contributed by atoms with Gasteiger partial charge < -0.3 is 4.74 Å². The first kappa shape index (κ1) is 16.9. The van der Waals surface area contributed by atoms with E-state index in [-0.39, 0.29) is 6.10 Å². The second-order valence-corrected chi connectivity index (χ2v) is 6.72. The zero-order valence-electron chi connectivity index (χ0n) is 14.8. The molecule has 1 fully saturated rings. The van der Waals surface area contributed by atoms with Crippen LogP contribution >= 0.6 is 0 Å². The molecular formula is C21H24N4O. The quantitative estimate of drug-likeness (QED) is 0.687. The molecule has 0 spiro atoms. The number of hydrogen-bond donors (Lipinski definition) is 0. The molecule has 1 aromatic heterocycles. The van der Waals surface area contributed by atoms with Gasteiger partial charge in [0.25, 0.3) is 0 Å². The van der Waals surface area contributed by atoms with Crippen molar-refractivity contribution in [2.24, 2.45) is 0 Å². The lowest BCUT2D eigenvalue weighted by Crippen LogP contribution is -2.46. The molecule has 1 aliphatic rings. The van der Waals surface area contributed by atoms with E-state index in [4.69, 9.17) is 4.74 Å². The monoisotopic (exact) mass is 348 g/mol. The Balaban J connectivity index is 1.52. The minimum atomic E-state index is 0.132. The highest BCUT2D eigenvalue weighted by Gasteiger charge is 2.28. The summed E-state index contributed by atoms with van der Waals surface area (Å²) in [4.78, 5) is 6.58. The van der Waals surface area contributed by atoms with Gasteiger partial charge in [-0.2, -0.15) is 5.10 Å². The summed E-state index contributed by atoms with van der Waals surface area (Å²) in [5.74, 6) is 0. The molecule has 2 atom stereocenters. The number of ether oxygens (including phenoxy) is 1. The molecule has 2 heterocycles. The number of rotatable bonds is 6. The number of nitrogens with zero attached hydrogens (tertiary/aromatic N) is 4. The summed E-state index contributed by atoms with van der Waals surface area (Å²) >= 11 is 0. The predicted octanol–water partition coefficient (Wildman–Crippen LogP) is 2.96. The van der Waals surface area contributed by atoms with Gasteiger partial charge in [-0.3, -0.25) is 9.58 Å². The van der Waals surface area contributed by atoms with E-state index in [1.165, 1.54) is 11.1 Å². The highest BCUT2D eigenvalue weighted by atomic mass is 16.5. The fraction of sp³-hybridized carbons (Fsp3) is 0.333. The molecule has 4 rings (SSSR count). The predicted molar refractivity (Wildman–Crippen MR) is 101 cm³/mol. The first-order valence-corrected chi connectivity index (χ1v) is 9.15. The minimum absolute atomic E-state index is 0.132. The van der Waals surface area contributed by atoms with Gasteiger partial charge in [0.15, 0.2) is 0 Å². The summed E-state index contributed by atoms with van der Waals surface area (Å²) in [6.45, 7) is 3.33. The van der Waals surface area contributed by atoms with Crippen LogP contribution in [0.15, 0.2) is 73.3 Å². The summed E-state index contributed by atoms with van der Waals surface area (Å²) in [6.07, 6.45) is 4.46. The molecule has 0 bridgehead atoms. The van der Waals surface area contributed by atoms with E-state index >= 15 is 0 Å². The van der Waals surface area contributed by atoms with E-state index in [1.54, 1.807) is 12.7 Å². The molecule has 2 aromatic carbocycles. The van der Waals surface area contributed by atoms with Gasteiger partial charge in [-0.05, 0) is 17.5 Å². The normalized spacial score (nSPS) is 19.3. The second kappa shape index (κ2) is 8.25. The summed E-state index contributed by atoms with van der Waals surface area (Å²) in [5, 5.41) is 4.21. The molecule has 5 heteroatoms. The van der Waals surface area contributed by atoms with Crippen LogP contribution in [0.5, 0.6) is 0 Å². The van der Waals surface area contributed by atoms with Gasteiger partial charge in [0.2, 0.25) is 0 Å². The lowest BCUT2D eigenvalue weighted by Gasteiger charge is -2.38. The zero-order chi connectivity index (χ0) is 17.6. The number of aromatic nitrogens is 3. The minimum Gasteiger partial charge on any atom is -0.374 e. The van der Waals surface area contributed by atoms with Crippen molar-refractivity contribution in [1.29, 1.82) is 0 Å². The molecule has 0 radical (unpaired) electrons. The van der Waals surface area contributed by atoms with Crippen molar-refractivity contribution < 1.29 is 4.74 Å². The Morgan fingerprint density at radius 2 is 1.81 bits per heavy atom. The molecule has 0 saturated carbocycles. The first-order valence-electron chi connectivity index (χ1n) is 9.15. The van der Waals surface area contributed by atoms with Crippen LogP contribution in [0.25, 0.3) is 0 Å². The maximum absolute atomic E-state index is 5.99. The zero-order valence-corrected chi connectivity index (χ0v) is 14.8. The number of hydrogen-bond acceptors (Lipinski definition) is 4. The van der Waals surface area contributed by atoms with E-state index in [9.17, 15) is 0 Å². The summed E-state index contributed by atoms with van der Waals surface area (Å²) < 4.78 is 7.84. The lowest BCUT2D eigenvalue weighted by molar-refractivity contribution is -0.0520. The fourth-order valence-electron chi connectivity index (χ4n) is 3.64. The van der Waals surface area contributed by atoms with Gasteiger partial charge in [-0.25, -0.2) is 4.98 Å². The Bertz CT molecular complexity index is 776. The van der Waals surface area contributed by atoms with Gasteiger partial charge in [0, 0.05) is 19.1 Å². The maximum Gasteiger partial charge on any atom is 0.137 e. The van der Waals surface area contributed by atoms with Crippen LogP contribution in [0.3, 0.4) is 0 Å². The molecule has 134 valence electrons. The highest BCUT2D eigenvalue weighted by molar-refractivity contribution is 5.24. The first-order chi connectivity index (χ1) is 12.9. The van der Waals surface area contributed by atoms with Crippen molar-refractivity contribution in [2.45, 2.75) is 25.1 Å². The van der Waals surface area contributed by atoms with Gasteiger partial charge in [0.05, 0.1) is 19.3 Å². The molecule has 26 heavy (non-hydrogen) atoms. The standard InChI is InChI=1S/C21H24N4O/c1-3-7-18(8-4-1)13-21(19-9-5-2-6-10-19)24-11-12-26-20(14-24)15-25-17-22-16-23-25/h1-10,16-17,20-21H,11-15H2/t20-,21-/m1/s1. The second-order valence-electron chi connectivity index (χ2n) is 6.72. The number of benzene rings is 2. The van der Waals surface area contributed by atoms with Crippen LogP contribution in [0.2, 0.25) is 0 Å². The summed E-state index contributed by atoms with van der Waals surface area (Å²) in [7, 11) is 0. The fourth-order valence-corrected chi connectivity index (χ4v) is 3.64. The van der Waals surface area contributed by atoms with E-state index in [0.29, 0.717) is 6.04 Å².